The lowest BCUT2D eigenvalue weighted by Crippen LogP contribution is -2.43. The van der Waals surface area contributed by atoms with Crippen molar-refractivity contribution in [2.24, 2.45) is 10.7 Å². The van der Waals surface area contributed by atoms with Crippen LogP contribution in [0.15, 0.2) is 35.3 Å². The number of hydrogen-bond donors (Lipinski definition) is 3. The first kappa shape index (κ1) is 21.2. The van der Waals surface area contributed by atoms with Gasteiger partial charge < -0.3 is 20.8 Å². The van der Waals surface area contributed by atoms with Gasteiger partial charge in [-0.05, 0) is 12.1 Å². The highest BCUT2D eigenvalue weighted by atomic mass is 35.5. The van der Waals surface area contributed by atoms with Gasteiger partial charge in [0.25, 0.3) is 5.91 Å². The van der Waals surface area contributed by atoms with Crippen LogP contribution in [0.4, 0.5) is 0 Å². The molecule has 0 saturated carbocycles. The monoisotopic (exact) mass is 387 g/mol. The Morgan fingerprint density at radius 3 is 2.72 bits per heavy atom. The molecule has 1 aromatic carbocycles. The van der Waals surface area contributed by atoms with Gasteiger partial charge in [0, 0.05) is 37.1 Å². The number of fused-ring (bicyclic) bond motifs is 1. The summed E-state index contributed by atoms with van der Waals surface area (Å²) in [4.78, 5) is 21.3. The van der Waals surface area contributed by atoms with Gasteiger partial charge in [0.15, 0.2) is 5.96 Å². The average molecular weight is 388 g/mol. The predicted octanol–water partition coefficient (Wildman–Crippen LogP) is 1.39. The summed E-state index contributed by atoms with van der Waals surface area (Å²) >= 11 is 0. The zero-order chi connectivity index (χ0) is 16.1. The Bertz CT molecular complexity index is 680. The van der Waals surface area contributed by atoms with E-state index >= 15 is 0 Å². The van der Waals surface area contributed by atoms with Gasteiger partial charge in [-0.15, -0.1) is 24.8 Å². The molecule has 2 heterocycles. The molecule has 3 rings (SSSR count). The topological polar surface area (TPSA) is 95.7 Å². The van der Waals surface area contributed by atoms with E-state index in [2.05, 4.69) is 20.2 Å². The molecular weight excluding hydrogens is 365 g/mol. The minimum atomic E-state index is -0.377. The molecule has 138 valence electrons. The van der Waals surface area contributed by atoms with Crippen molar-refractivity contribution in [2.45, 2.75) is 0 Å². The standard InChI is InChI=1S/C16H21N5O2.2ClH/c17-16(18-5-6-21-7-9-23-10-8-21)20-15(22)14-11-12-3-1-2-4-13(12)19-14;;/h1-4,11,19H,5-10H2,(H3,17,18,20,22);2*1H. The molecule has 0 bridgehead atoms. The molecule has 25 heavy (non-hydrogen) atoms. The number of nitrogens with two attached hydrogens (primary N) is 1. The molecular formula is C16H23Cl2N5O2. The van der Waals surface area contributed by atoms with Crippen molar-refractivity contribution in [1.29, 1.82) is 0 Å². The molecule has 2 aromatic rings. The van der Waals surface area contributed by atoms with E-state index in [4.69, 9.17) is 10.5 Å². The fourth-order valence-corrected chi connectivity index (χ4v) is 2.56. The summed E-state index contributed by atoms with van der Waals surface area (Å²) in [5, 5.41) is 3.95. The summed E-state index contributed by atoms with van der Waals surface area (Å²) in [6.45, 7) is 4.87. The zero-order valence-corrected chi connectivity index (χ0v) is 15.4. The van der Waals surface area contributed by atoms with Gasteiger partial charge >= 0.3 is 0 Å². The second kappa shape index (κ2) is 10.2. The summed E-state index contributed by atoms with van der Waals surface area (Å²) in [5.74, 6) is -0.237. The number of nitrogens with one attached hydrogen (secondary N) is 2. The number of morpholine rings is 1. The van der Waals surface area contributed by atoms with Crippen molar-refractivity contribution in [1.82, 2.24) is 15.2 Å². The van der Waals surface area contributed by atoms with E-state index in [0.717, 1.165) is 43.8 Å². The number of carbonyl (C=O) groups is 1. The molecule has 1 aliphatic heterocycles. The zero-order valence-electron chi connectivity index (χ0n) is 13.7. The lowest BCUT2D eigenvalue weighted by Gasteiger charge is -2.26. The minimum Gasteiger partial charge on any atom is -0.379 e. The smallest absolute Gasteiger partial charge is 0.296 e. The van der Waals surface area contributed by atoms with Crippen LogP contribution in [-0.4, -0.2) is 61.1 Å². The summed E-state index contributed by atoms with van der Waals surface area (Å²) in [5.41, 5.74) is 7.12. The predicted molar refractivity (Wildman–Crippen MR) is 104 cm³/mol. The Hall–Kier alpha value is -1.80. The van der Waals surface area contributed by atoms with Crippen LogP contribution in [0.25, 0.3) is 10.9 Å². The molecule has 0 atom stereocenters. The first-order valence-corrected chi connectivity index (χ1v) is 7.72. The molecule has 1 aliphatic rings. The Kier molecular flexibility index (Phi) is 8.71. The van der Waals surface area contributed by atoms with Crippen molar-refractivity contribution in [3.8, 4) is 0 Å². The van der Waals surface area contributed by atoms with E-state index in [-0.39, 0.29) is 36.7 Å². The SMILES string of the molecule is Cl.Cl.NC(=NC(=O)c1cc2ccccc2[nH]1)NCCN1CCOCC1. The third-order valence-corrected chi connectivity index (χ3v) is 3.82. The summed E-state index contributed by atoms with van der Waals surface area (Å²) in [6, 6.07) is 9.48. The first-order valence-electron chi connectivity index (χ1n) is 7.72. The number of rotatable bonds is 4. The van der Waals surface area contributed by atoms with Crippen LogP contribution in [0.3, 0.4) is 0 Å². The molecule has 0 aliphatic carbocycles. The van der Waals surface area contributed by atoms with Crippen LogP contribution in [0.1, 0.15) is 10.5 Å². The number of para-hydroxylation sites is 1. The van der Waals surface area contributed by atoms with Crippen LogP contribution in [0.5, 0.6) is 0 Å². The number of H-pyrrole nitrogens is 1. The molecule has 0 unspecified atom stereocenters. The van der Waals surface area contributed by atoms with E-state index in [1.807, 2.05) is 24.3 Å². The maximum absolute atomic E-state index is 12.1. The lowest BCUT2D eigenvalue weighted by atomic mass is 10.2. The lowest BCUT2D eigenvalue weighted by molar-refractivity contribution is 0.0389. The number of carbonyl (C=O) groups excluding carboxylic acids is 1. The quantitative estimate of drug-likeness (QED) is 0.544. The maximum Gasteiger partial charge on any atom is 0.296 e. The van der Waals surface area contributed by atoms with Gasteiger partial charge in [0.1, 0.15) is 5.69 Å². The number of ether oxygens (including phenoxy) is 1. The molecule has 0 spiro atoms. The Balaban J connectivity index is 0.00000156. The number of aromatic nitrogens is 1. The maximum atomic E-state index is 12.1. The molecule has 9 heteroatoms. The largest absolute Gasteiger partial charge is 0.379 e. The number of aliphatic imine (C=N–C) groups is 1. The van der Waals surface area contributed by atoms with Crippen LogP contribution in [0.2, 0.25) is 0 Å². The molecule has 0 radical (unpaired) electrons. The highest BCUT2D eigenvalue weighted by Gasteiger charge is 2.11. The Morgan fingerprint density at radius 2 is 2.00 bits per heavy atom. The van der Waals surface area contributed by atoms with Crippen molar-refractivity contribution >= 4 is 47.6 Å². The number of aromatic amines is 1. The minimum absolute atomic E-state index is 0. The average Bonchev–Trinajstić information content (AvgIpc) is 3.00. The third-order valence-electron chi connectivity index (χ3n) is 3.82. The fourth-order valence-electron chi connectivity index (χ4n) is 2.56. The van der Waals surface area contributed by atoms with Crippen LogP contribution >= 0.6 is 24.8 Å². The van der Waals surface area contributed by atoms with Crippen molar-refractivity contribution in [3.05, 3.63) is 36.0 Å². The van der Waals surface area contributed by atoms with Crippen LogP contribution < -0.4 is 11.1 Å². The van der Waals surface area contributed by atoms with Crippen molar-refractivity contribution < 1.29 is 9.53 Å². The number of nitrogens with zero attached hydrogens (tertiary/aromatic N) is 2. The summed E-state index contributed by atoms with van der Waals surface area (Å²) < 4.78 is 5.30. The highest BCUT2D eigenvalue weighted by Crippen LogP contribution is 2.15. The number of amides is 1. The molecule has 1 aromatic heterocycles. The van der Waals surface area contributed by atoms with E-state index in [0.29, 0.717) is 12.2 Å². The molecule has 4 N–H and O–H groups in total. The summed E-state index contributed by atoms with van der Waals surface area (Å²) in [6.07, 6.45) is 0. The summed E-state index contributed by atoms with van der Waals surface area (Å²) in [7, 11) is 0. The number of halogens is 2. The van der Waals surface area contributed by atoms with Gasteiger partial charge in [-0.2, -0.15) is 4.99 Å². The number of guanidine groups is 1. The number of benzene rings is 1. The van der Waals surface area contributed by atoms with Crippen LogP contribution in [-0.2, 0) is 4.74 Å². The van der Waals surface area contributed by atoms with E-state index < -0.39 is 0 Å². The Morgan fingerprint density at radius 1 is 1.28 bits per heavy atom. The molecule has 7 nitrogen and oxygen atoms in total. The highest BCUT2D eigenvalue weighted by molar-refractivity contribution is 6.03. The first-order chi connectivity index (χ1) is 11.2. The van der Waals surface area contributed by atoms with Gasteiger partial charge in [0.05, 0.1) is 13.2 Å². The van der Waals surface area contributed by atoms with Gasteiger partial charge in [-0.3, -0.25) is 9.69 Å². The van der Waals surface area contributed by atoms with Gasteiger partial charge in [-0.1, -0.05) is 18.2 Å². The fraction of sp³-hybridized carbons (Fsp3) is 0.375. The Labute approximate surface area is 158 Å². The van der Waals surface area contributed by atoms with E-state index in [9.17, 15) is 4.79 Å². The normalized spacial score (nSPS) is 15.3. The van der Waals surface area contributed by atoms with E-state index in [1.54, 1.807) is 6.07 Å². The molecule has 1 amide bonds. The van der Waals surface area contributed by atoms with Crippen molar-refractivity contribution in [2.75, 3.05) is 39.4 Å². The van der Waals surface area contributed by atoms with Crippen LogP contribution in [0, 0.1) is 0 Å². The second-order valence-electron chi connectivity index (χ2n) is 5.45. The van der Waals surface area contributed by atoms with Gasteiger partial charge in [0.2, 0.25) is 0 Å². The molecule has 1 saturated heterocycles. The number of hydrogen-bond acceptors (Lipinski definition) is 3. The van der Waals surface area contributed by atoms with E-state index in [1.165, 1.54) is 0 Å². The molecule has 1 fully saturated rings. The third kappa shape index (κ3) is 5.89. The van der Waals surface area contributed by atoms with Gasteiger partial charge in [-0.25, -0.2) is 0 Å². The second-order valence-corrected chi connectivity index (χ2v) is 5.45. The van der Waals surface area contributed by atoms with Crippen molar-refractivity contribution in [3.63, 3.8) is 0 Å².